The Bertz CT molecular complexity index is 982. The second-order valence-electron chi connectivity index (χ2n) is 6.34. The molecule has 0 saturated carbocycles. The highest BCUT2D eigenvalue weighted by Crippen LogP contribution is 2.33. The summed E-state index contributed by atoms with van der Waals surface area (Å²) in [4.78, 5) is 4.97. The van der Waals surface area contributed by atoms with Gasteiger partial charge in [0, 0.05) is 11.3 Å². The Hall–Kier alpha value is -2.87. The van der Waals surface area contributed by atoms with Gasteiger partial charge in [-0.3, -0.25) is 4.57 Å². The summed E-state index contributed by atoms with van der Waals surface area (Å²) in [5.74, 6) is 1.46. The first kappa shape index (κ1) is 21.4. The van der Waals surface area contributed by atoms with Crippen LogP contribution < -0.4 is 0 Å². The first-order valence-electron chi connectivity index (χ1n) is 10.4. The van der Waals surface area contributed by atoms with Gasteiger partial charge in [-0.05, 0) is 35.7 Å². The topological polar surface area (TPSA) is 17.8 Å². The SMILES string of the molecule is CC.CC.CC(C)c1ccccc1-c1nc2ccccc2n1-c1ccccc1. The monoisotopic (exact) mass is 372 g/mol. The van der Waals surface area contributed by atoms with Crippen LogP contribution in [0.4, 0.5) is 0 Å². The van der Waals surface area contributed by atoms with E-state index in [2.05, 4.69) is 85.1 Å². The van der Waals surface area contributed by atoms with Gasteiger partial charge in [0.15, 0.2) is 0 Å². The van der Waals surface area contributed by atoms with Crippen LogP contribution in [0.2, 0.25) is 0 Å². The van der Waals surface area contributed by atoms with Crippen molar-refractivity contribution in [2.45, 2.75) is 47.5 Å². The Labute approximate surface area is 169 Å². The molecule has 0 atom stereocenters. The fourth-order valence-electron chi connectivity index (χ4n) is 3.25. The van der Waals surface area contributed by atoms with Crippen LogP contribution in [0, 0.1) is 0 Å². The maximum absolute atomic E-state index is 4.97. The molecule has 0 spiro atoms. The molecule has 0 aliphatic carbocycles. The van der Waals surface area contributed by atoms with Crippen molar-refractivity contribution in [2.24, 2.45) is 0 Å². The van der Waals surface area contributed by atoms with E-state index < -0.39 is 0 Å². The van der Waals surface area contributed by atoms with E-state index in [1.807, 2.05) is 39.8 Å². The third-order valence-corrected chi connectivity index (χ3v) is 4.40. The van der Waals surface area contributed by atoms with E-state index >= 15 is 0 Å². The van der Waals surface area contributed by atoms with Crippen molar-refractivity contribution in [3.05, 3.63) is 84.4 Å². The van der Waals surface area contributed by atoms with Gasteiger partial charge in [-0.2, -0.15) is 0 Å². The molecule has 0 aliphatic rings. The lowest BCUT2D eigenvalue weighted by Crippen LogP contribution is -2.00. The minimum Gasteiger partial charge on any atom is -0.292 e. The number of fused-ring (bicyclic) bond motifs is 1. The van der Waals surface area contributed by atoms with Gasteiger partial charge in [0.05, 0.1) is 11.0 Å². The second-order valence-corrected chi connectivity index (χ2v) is 6.34. The van der Waals surface area contributed by atoms with Gasteiger partial charge >= 0.3 is 0 Å². The van der Waals surface area contributed by atoms with Gasteiger partial charge in [0.25, 0.3) is 0 Å². The van der Waals surface area contributed by atoms with Crippen molar-refractivity contribution in [2.75, 3.05) is 0 Å². The van der Waals surface area contributed by atoms with Crippen LogP contribution >= 0.6 is 0 Å². The van der Waals surface area contributed by atoms with Crippen molar-refractivity contribution >= 4 is 11.0 Å². The molecule has 0 saturated heterocycles. The molecule has 0 radical (unpaired) electrons. The van der Waals surface area contributed by atoms with Crippen molar-refractivity contribution in [3.63, 3.8) is 0 Å². The molecular weight excluding hydrogens is 340 g/mol. The minimum atomic E-state index is 0.449. The molecule has 0 aliphatic heterocycles. The average molecular weight is 373 g/mol. The number of hydrogen-bond acceptors (Lipinski definition) is 1. The lowest BCUT2D eigenvalue weighted by atomic mass is 9.97. The molecule has 0 fully saturated rings. The summed E-state index contributed by atoms with van der Waals surface area (Å²) in [6.45, 7) is 12.5. The molecule has 1 aromatic heterocycles. The van der Waals surface area contributed by atoms with Gasteiger partial charge in [0.2, 0.25) is 0 Å². The lowest BCUT2D eigenvalue weighted by molar-refractivity contribution is 0.865. The Balaban J connectivity index is 0.000000660. The van der Waals surface area contributed by atoms with E-state index in [9.17, 15) is 0 Å². The number of aromatic nitrogens is 2. The maximum Gasteiger partial charge on any atom is 0.146 e. The lowest BCUT2D eigenvalue weighted by Gasteiger charge is -2.14. The zero-order chi connectivity index (χ0) is 20.5. The minimum absolute atomic E-state index is 0.449. The highest BCUT2D eigenvalue weighted by molar-refractivity contribution is 5.83. The average Bonchev–Trinajstić information content (AvgIpc) is 3.16. The summed E-state index contributed by atoms with van der Waals surface area (Å²) < 4.78 is 2.26. The normalized spacial score (nSPS) is 10.1. The Morgan fingerprint density at radius 1 is 0.679 bits per heavy atom. The van der Waals surface area contributed by atoms with Crippen LogP contribution in [0.1, 0.15) is 53.0 Å². The van der Waals surface area contributed by atoms with Gasteiger partial charge < -0.3 is 0 Å². The summed E-state index contributed by atoms with van der Waals surface area (Å²) in [5.41, 5.74) is 5.82. The zero-order valence-corrected chi connectivity index (χ0v) is 18.0. The zero-order valence-electron chi connectivity index (χ0n) is 18.0. The van der Waals surface area contributed by atoms with Crippen molar-refractivity contribution in [3.8, 4) is 17.1 Å². The summed E-state index contributed by atoms with van der Waals surface area (Å²) in [6.07, 6.45) is 0. The molecule has 4 aromatic rings. The van der Waals surface area contributed by atoms with Crippen LogP contribution in [0.3, 0.4) is 0 Å². The van der Waals surface area contributed by atoms with E-state index in [4.69, 9.17) is 4.98 Å². The molecule has 28 heavy (non-hydrogen) atoms. The number of nitrogens with zero attached hydrogens (tertiary/aromatic N) is 2. The van der Waals surface area contributed by atoms with E-state index in [-0.39, 0.29) is 0 Å². The van der Waals surface area contributed by atoms with E-state index in [1.54, 1.807) is 0 Å². The molecule has 3 aromatic carbocycles. The van der Waals surface area contributed by atoms with Crippen LogP contribution in [0.5, 0.6) is 0 Å². The number of para-hydroxylation sites is 3. The standard InChI is InChI=1S/C22H20N2.2C2H6/c1-16(2)18-12-6-7-13-19(18)22-23-20-14-8-9-15-21(20)24(22)17-10-4-3-5-11-17;2*1-2/h3-16H,1-2H3;2*1-2H3. The van der Waals surface area contributed by atoms with E-state index in [1.165, 1.54) is 11.1 Å². The van der Waals surface area contributed by atoms with Crippen LogP contribution in [0.25, 0.3) is 28.1 Å². The Morgan fingerprint density at radius 3 is 1.93 bits per heavy atom. The summed E-state index contributed by atoms with van der Waals surface area (Å²) in [7, 11) is 0. The number of benzene rings is 3. The van der Waals surface area contributed by atoms with Crippen molar-refractivity contribution < 1.29 is 0 Å². The fourth-order valence-corrected chi connectivity index (χ4v) is 3.25. The first-order valence-corrected chi connectivity index (χ1v) is 10.4. The maximum atomic E-state index is 4.97. The van der Waals surface area contributed by atoms with E-state index in [0.29, 0.717) is 5.92 Å². The number of imidazole rings is 1. The van der Waals surface area contributed by atoms with Crippen molar-refractivity contribution in [1.82, 2.24) is 9.55 Å². The molecule has 1 heterocycles. The Morgan fingerprint density at radius 2 is 1.25 bits per heavy atom. The highest BCUT2D eigenvalue weighted by Gasteiger charge is 2.17. The first-order chi connectivity index (χ1) is 13.8. The molecule has 146 valence electrons. The molecular formula is C26H32N2. The largest absolute Gasteiger partial charge is 0.292 e. The van der Waals surface area contributed by atoms with Gasteiger partial charge in [-0.15, -0.1) is 0 Å². The molecule has 2 heteroatoms. The van der Waals surface area contributed by atoms with Gasteiger partial charge in [-0.1, -0.05) is 96.1 Å². The fraction of sp³-hybridized carbons (Fsp3) is 0.269. The highest BCUT2D eigenvalue weighted by atomic mass is 15.1. The second kappa shape index (κ2) is 10.5. The smallest absolute Gasteiger partial charge is 0.146 e. The van der Waals surface area contributed by atoms with E-state index in [0.717, 1.165) is 22.5 Å². The van der Waals surface area contributed by atoms with Gasteiger partial charge in [0.1, 0.15) is 5.82 Å². The predicted molar refractivity (Wildman–Crippen MR) is 123 cm³/mol. The molecule has 0 unspecified atom stereocenters. The molecule has 0 amide bonds. The quantitative estimate of drug-likeness (QED) is 0.358. The summed E-state index contributed by atoms with van der Waals surface area (Å²) >= 11 is 0. The molecule has 4 rings (SSSR count). The summed E-state index contributed by atoms with van der Waals surface area (Å²) in [6, 6.07) is 27.4. The third-order valence-electron chi connectivity index (χ3n) is 4.40. The van der Waals surface area contributed by atoms with Crippen LogP contribution in [-0.4, -0.2) is 9.55 Å². The summed E-state index contributed by atoms with van der Waals surface area (Å²) in [5, 5.41) is 0. The van der Waals surface area contributed by atoms with Crippen molar-refractivity contribution in [1.29, 1.82) is 0 Å². The number of hydrogen-bond donors (Lipinski definition) is 0. The molecule has 0 bridgehead atoms. The van der Waals surface area contributed by atoms with Crippen LogP contribution in [0.15, 0.2) is 78.9 Å². The van der Waals surface area contributed by atoms with Gasteiger partial charge in [-0.25, -0.2) is 4.98 Å². The molecule has 0 N–H and O–H groups in total. The number of rotatable bonds is 3. The predicted octanol–water partition coefficient (Wildman–Crippen LogP) is 7.87. The third kappa shape index (κ3) is 4.33. The Kier molecular flexibility index (Phi) is 8.01. The van der Waals surface area contributed by atoms with Crippen LogP contribution in [-0.2, 0) is 0 Å². The molecule has 2 nitrogen and oxygen atoms in total.